The predicted molar refractivity (Wildman–Crippen MR) is 101 cm³/mol. The quantitative estimate of drug-likeness (QED) is 0.815. The largest absolute Gasteiger partial charge is 0.490 e. The van der Waals surface area contributed by atoms with Crippen molar-refractivity contribution >= 4 is 17.6 Å². The lowest BCUT2D eigenvalue weighted by Crippen LogP contribution is -2.26. The molecule has 6 nitrogen and oxygen atoms in total. The van der Waals surface area contributed by atoms with Gasteiger partial charge in [0.1, 0.15) is 11.9 Å². The summed E-state index contributed by atoms with van der Waals surface area (Å²) in [5, 5.41) is 12.0. The first-order valence-electron chi connectivity index (χ1n) is 8.99. The summed E-state index contributed by atoms with van der Waals surface area (Å²) in [6.07, 6.45) is 1.91. The van der Waals surface area contributed by atoms with Crippen molar-refractivity contribution in [1.82, 2.24) is 0 Å². The molecule has 2 aromatic rings. The molecule has 2 aromatic carbocycles. The molecule has 0 spiro atoms. The second-order valence-electron chi connectivity index (χ2n) is 6.60. The molecule has 0 aliphatic carbocycles. The van der Waals surface area contributed by atoms with E-state index in [-0.39, 0.29) is 24.0 Å². The van der Waals surface area contributed by atoms with E-state index >= 15 is 0 Å². The van der Waals surface area contributed by atoms with Crippen molar-refractivity contribution in [2.24, 2.45) is 0 Å². The SMILES string of the molecule is Cc1cc(NC(=O)Cc2ccccc2C(=O)O)ccc1OC1CCOCC1. The average Bonchev–Trinajstić information content (AvgIpc) is 2.65. The fraction of sp³-hybridized carbons (Fsp3) is 0.333. The van der Waals surface area contributed by atoms with Gasteiger partial charge in [0, 0.05) is 18.5 Å². The molecule has 1 saturated heterocycles. The second-order valence-corrected chi connectivity index (χ2v) is 6.60. The van der Waals surface area contributed by atoms with Crippen LogP contribution in [0.2, 0.25) is 0 Å². The first-order chi connectivity index (χ1) is 13.0. The normalized spacial score (nSPS) is 14.6. The van der Waals surface area contributed by atoms with E-state index in [2.05, 4.69) is 5.32 Å². The van der Waals surface area contributed by atoms with Crippen molar-refractivity contribution in [2.75, 3.05) is 18.5 Å². The van der Waals surface area contributed by atoms with Crippen LogP contribution in [-0.2, 0) is 16.0 Å². The number of benzene rings is 2. The Kier molecular flexibility index (Phi) is 6.08. The lowest BCUT2D eigenvalue weighted by molar-refractivity contribution is -0.115. The number of aromatic carboxylic acids is 1. The first-order valence-corrected chi connectivity index (χ1v) is 8.99. The van der Waals surface area contributed by atoms with E-state index in [0.717, 1.165) is 37.4 Å². The molecule has 142 valence electrons. The molecule has 1 heterocycles. The van der Waals surface area contributed by atoms with Crippen molar-refractivity contribution in [1.29, 1.82) is 0 Å². The van der Waals surface area contributed by atoms with Crippen LogP contribution < -0.4 is 10.1 Å². The molecule has 1 aliphatic heterocycles. The molecular weight excluding hydrogens is 346 g/mol. The summed E-state index contributed by atoms with van der Waals surface area (Å²) in [5.74, 6) is -0.499. The van der Waals surface area contributed by atoms with E-state index < -0.39 is 5.97 Å². The van der Waals surface area contributed by atoms with Gasteiger partial charge in [-0.2, -0.15) is 0 Å². The maximum absolute atomic E-state index is 12.3. The topological polar surface area (TPSA) is 84.9 Å². The minimum atomic E-state index is -1.04. The molecule has 6 heteroatoms. The van der Waals surface area contributed by atoms with Crippen molar-refractivity contribution < 1.29 is 24.2 Å². The highest BCUT2D eigenvalue weighted by Gasteiger charge is 2.17. The second kappa shape index (κ2) is 8.68. The fourth-order valence-electron chi connectivity index (χ4n) is 3.09. The Balaban J connectivity index is 1.63. The lowest BCUT2D eigenvalue weighted by atomic mass is 10.0. The van der Waals surface area contributed by atoms with Gasteiger partial charge in [-0.15, -0.1) is 0 Å². The fourth-order valence-corrected chi connectivity index (χ4v) is 3.09. The molecule has 0 unspecified atom stereocenters. The molecule has 0 aromatic heterocycles. The third kappa shape index (κ3) is 5.08. The third-order valence-corrected chi connectivity index (χ3v) is 4.52. The Bertz CT molecular complexity index is 827. The summed E-state index contributed by atoms with van der Waals surface area (Å²) in [6, 6.07) is 12.0. The summed E-state index contributed by atoms with van der Waals surface area (Å²) in [5.41, 5.74) is 2.22. The number of carbonyl (C=O) groups is 2. The van der Waals surface area contributed by atoms with Crippen LogP contribution >= 0.6 is 0 Å². The number of ether oxygens (including phenoxy) is 2. The van der Waals surface area contributed by atoms with Crippen LogP contribution in [-0.4, -0.2) is 36.3 Å². The summed E-state index contributed by atoms with van der Waals surface area (Å²) in [4.78, 5) is 23.6. The van der Waals surface area contributed by atoms with Gasteiger partial charge in [0.15, 0.2) is 0 Å². The summed E-state index contributed by atoms with van der Waals surface area (Å²) in [6.45, 7) is 3.37. The number of carboxylic acid groups (broad SMARTS) is 1. The third-order valence-electron chi connectivity index (χ3n) is 4.52. The zero-order valence-electron chi connectivity index (χ0n) is 15.2. The predicted octanol–water partition coefficient (Wildman–Crippen LogP) is 3.43. The van der Waals surface area contributed by atoms with E-state index in [1.165, 1.54) is 6.07 Å². The smallest absolute Gasteiger partial charge is 0.335 e. The van der Waals surface area contributed by atoms with Gasteiger partial charge in [0.05, 0.1) is 25.2 Å². The number of carbonyl (C=O) groups excluding carboxylic acids is 1. The van der Waals surface area contributed by atoms with Crippen molar-refractivity contribution in [3.8, 4) is 5.75 Å². The number of hydrogen-bond donors (Lipinski definition) is 2. The number of hydrogen-bond acceptors (Lipinski definition) is 4. The van der Waals surface area contributed by atoms with E-state index in [1.54, 1.807) is 24.3 Å². The van der Waals surface area contributed by atoms with Crippen LogP contribution in [0.5, 0.6) is 5.75 Å². The maximum atomic E-state index is 12.3. The van der Waals surface area contributed by atoms with Crippen molar-refractivity contribution in [2.45, 2.75) is 32.3 Å². The minimum Gasteiger partial charge on any atom is -0.490 e. The maximum Gasteiger partial charge on any atom is 0.335 e. The Morgan fingerprint density at radius 1 is 1.19 bits per heavy atom. The van der Waals surface area contributed by atoms with Crippen LogP contribution in [0, 0.1) is 6.92 Å². The monoisotopic (exact) mass is 369 g/mol. The van der Waals surface area contributed by atoms with Crippen molar-refractivity contribution in [3.63, 3.8) is 0 Å². The zero-order valence-corrected chi connectivity index (χ0v) is 15.2. The highest BCUT2D eigenvalue weighted by Crippen LogP contribution is 2.25. The van der Waals surface area contributed by atoms with Crippen LogP contribution in [0.4, 0.5) is 5.69 Å². The average molecular weight is 369 g/mol. The van der Waals surface area contributed by atoms with Crippen LogP contribution in [0.3, 0.4) is 0 Å². The van der Waals surface area contributed by atoms with Crippen molar-refractivity contribution in [3.05, 3.63) is 59.2 Å². The molecule has 1 fully saturated rings. The number of carboxylic acids is 1. The Labute approximate surface area is 158 Å². The molecular formula is C21H23NO5. The molecule has 3 rings (SSSR count). The van der Waals surface area contributed by atoms with Gasteiger partial charge in [-0.05, 0) is 42.3 Å². The van der Waals surface area contributed by atoms with E-state index in [9.17, 15) is 14.7 Å². The zero-order chi connectivity index (χ0) is 19.2. The minimum absolute atomic E-state index is 0.00183. The number of rotatable bonds is 6. The van der Waals surface area contributed by atoms with Gasteiger partial charge >= 0.3 is 5.97 Å². The Morgan fingerprint density at radius 3 is 2.63 bits per heavy atom. The number of nitrogens with one attached hydrogen (secondary N) is 1. The molecule has 1 aliphatic rings. The standard InChI is InChI=1S/C21H23NO5/c1-14-12-16(6-7-19(14)27-17-8-10-26-11-9-17)22-20(23)13-15-4-2-3-5-18(15)21(24)25/h2-7,12,17H,8-11,13H2,1H3,(H,22,23)(H,24,25). The first kappa shape index (κ1) is 18.9. The highest BCUT2D eigenvalue weighted by molar-refractivity contribution is 5.96. The Morgan fingerprint density at radius 2 is 1.93 bits per heavy atom. The van der Waals surface area contributed by atoms with E-state index in [0.29, 0.717) is 11.3 Å². The van der Waals surface area contributed by atoms with Gasteiger partial charge < -0.3 is 19.9 Å². The lowest BCUT2D eigenvalue weighted by Gasteiger charge is -2.24. The molecule has 0 radical (unpaired) electrons. The van der Waals surface area contributed by atoms with Gasteiger partial charge in [-0.25, -0.2) is 4.79 Å². The molecule has 0 bridgehead atoms. The van der Waals surface area contributed by atoms with Gasteiger partial charge in [-0.3, -0.25) is 4.79 Å². The molecule has 0 saturated carbocycles. The Hall–Kier alpha value is -2.86. The van der Waals surface area contributed by atoms with E-state index in [1.807, 2.05) is 19.1 Å². The summed E-state index contributed by atoms with van der Waals surface area (Å²) < 4.78 is 11.4. The van der Waals surface area contributed by atoms with Crippen LogP contribution in [0.15, 0.2) is 42.5 Å². The number of anilines is 1. The molecule has 27 heavy (non-hydrogen) atoms. The molecule has 0 atom stereocenters. The van der Waals surface area contributed by atoms with Gasteiger partial charge in [0.2, 0.25) is 5.91 Å². The van der Waals surface area contributed by atoms with Crippen LogP contribution in [0.25, 0.3) is 0 Å². The van der Waals surface area contributed by atoms with Crippen LogP contribution in [0.1, 0.15) is 34.3 Å². The number of amides is 1. The molecule has 2 N–H and O–H groups in total. The summed E-state index contributed by atoms with van der Waals surface area (Å²) >= 11 is 0. The van der Waals surface area contributed by atoms with Gasteiger partial charge in [0.25, 0.3) is 0 Å². The van der Waals surface area contributed by atoms with Gasteiger partial charge in [-0.1, -0.05) is 18.2 Å². The molecule has 1 amide bonds. The van der Waals surface area contributed by atoms with E-state index in [4.69, 9.17) is 9.47 Å². The highest BCUT2D eigenvalue weighted by atomic mass is 16.5. The number of aryl methyl sites for hydroxylation is 1. The summed E-state index contributed by atoms with van der Waals surface area (Å²) in [7, 11) is 0.